The maximum atomic E-state index is 13.1. The van der Waals surface area contributed by atoms with Crippen molar-refractivity contribution >= 4 is 17.5 Å². The summed E-state index contributed by atoms with van der Waals surface area (Å²) < 4.78 is 0. The standard InChI is InChI=1S/C19H24N2O2/c1-13-10-14-6-2-5-9-17(14)21(13)19(23)15-11-18(22)20(12-15)16-7-3-4-8-16/h2,5-6,9,13,15-16H,3-4,7-8,10-12H2,1H3/t13-,15-/m1/s1. The number of rotatable bonds is 2. The molecule has 23 heavy (non-hydrogen) atoms. The summed E-state index contributed by atoms with van der Waals surface area (Å²) in [4.78, 5) is 29.4. The van der Waals surface area contributed by atoms with E-state index in [2.05, 4.69) is 13.0 Å². The highest BCUT2D eigenvalue weighted by molar-refractivity contribution is 6.01. The molecule has 1 aromatic rings. The maximum absolute atomic E-state index is 13.1. The first-order chi connectivity index (χ1) is 11.1. The van der Waals surface area contributed by atoms with Gasteiger partial charge in [-0.15, -0.1) is 0 Å². The van der Waals surface area contributed by atoms with Crippen molar-refractivity contribution in [2.45, 2.75) is 57.5 Å². The van der Waals surface area contributed by atoms with Gasteiger partial charge in [0.25, 0.3) is 0 Å². The van der Waals surface area contributed by atoms with Crippen LogP contribution in [0.15, 0.2) is 24.3 Å². The third-order valence-electron chi connectivity index (χ3n) is 5.72. The van der Waals surface area contributed by atoms with Crippen molar-refractivity contribution in [1.82, 2.24) is 4.90 Å². The van der Waals surface area contributed by atoms with Gasteiger partial charge in [0.05, 0.1) is 5.92 Å². The summed E-state index contributed by atoms with van der Waals surface area (Å²) in [5.41, 5.74) is 2.28. The Morgan fingerprint density at radius 2 is 1.87 bits per heavy atom. The van der Waals surface area contributed by atoms with Gasteiger partial charge in [0.2, 0.25) is 11.8 Å². The van der Waals surface area contributed by atoms with Crippen LogP contribution in [-0.2, 0) is 16.0 Å². The van der Waals surface area contributed by atoms with Gasteiger partial charge in [0.1, 0.15) is 0 Å². The van der Waals surface area contributed by atoms with Crippen LogP contribution in [0.2, 0.25) is 0 Å². The Morgan fingerprint density at radius 3 is 2.65 bits per heavy atom. The highest BCUT2D eigenvalue weighted by Crippen LogP contribution is 2.36. The Balaban J connectivity index is 1.53. The fourth-order valence-electron chi connectivity index (χ4n) is 4.56. The van der Waals surface area contributed by atoms with Crippen LogP contribution in [0.3, 0.4) is 0 Å². The van der Waals surface area contributed by atoms with Gasteiger partial charge in [-0.25, -0.2) is 0 Å². The number of carbonyl (C=O) groups excluding carboxylic acids is 2. The summed E-state index contributed by atoms with van der Waals surface area (Å²) in [5.74, 6) is 0.142. The number of amides is 2. The van der Waals surface area contributed by atoms with Crippen molar-refractivity contribution in [3.05, 3.63) is 29.8 Å². The first kappa shape index (κ1) is 14.7. The van der Waals surface area contributed by atoms with Gasteiger partial charge in [0, 0.05) is 30.7 Å². The van der Waals surface area contributed by atoms with Crippen LogP contribution in [0.4, 0.5) is 5.69 Å². The van der Waals surface area contributed by atoms with Crippen LogP contribution in [0.5, 0.6) is 0 Å². The zero-order chi connectivity index (χ0) is 16.0. The van der Waals surface area contributed by atoms with E-state index in [9.17, 15) is 9.59 Å². The average molecular weight is 312 g/mol. The molecule has 2 heterocycles. The second kappa shape index (κ2) is 5.66. The van der Waals surface area contributed by atoms with Crippen molar-refractivity contribution in [3.8, 4) is 0 Å². The molecular formula is C19H24N2O2. The second-order valence-corrected chi connectivity index (χ2v) is 7.28. The molecule has 0 bridgehead atoms. The first-order valence-electron chi connectivity index (χ1n) is 8.85. The number of carbonyl (C=O) groups is 2. The fourth-order valence-corrected chi connectivity index (χ4v) is 4.56. The molecule has 0 unspecified atom stereocenters. The van der Waals surface area contributed by atoms with Crippen LogP contribution in [0.25, 0.3) is 0 Å². The lowest BCUT2D eigenvalue weighted by Gasteiger charge is -2.27. The minimum atomic E-state index is -0.170. The Morgan fingerprint density at radius 1 is 1.13 bits per heavy atom. The predicted octanol–water partition coefficient (Wildman–Crippen LogP) is 2.76. The molecule has 0 aromatic heterocycles. The van der Waals surface area contributed by atoms with E-state index in [1.807, 2.05) is 28.0 Å². The van der Waals surface area contributed by atoms with E-state index in [4.69, 9.17) is 0 Å². The third-order valence-corrected chi connectivity index (χ3v) is 5.72. The largest absolute Gasteiger partial charge is 0.339 e. The number of hydrogen-bond acceptors (Lipinski definition) is 2. The van der Waals surface area contributed by atoms with Crippen LogP contribution >= 0.6 is 0 Å². The molecule has 4 heteroatoms. The van der Waals surface area contributed by atoms with Crippen molar-refractivity contribution in [2.24, 2.45) is 5.92 Å². The van der Waals surface area contributed by atoms with E-state index in [-0.39, 0.29) is 23.8 Å². The summed E-state index contributed by atoms with van der Waals surface area (Å²) in [5, 5.41) is 0. The molecule has 0 radical (unpaired) electrons. The molecular weight excluding hydrogens is 288 g/mol. The number of hydrogen-bond donors (Lipinski definition) is 0. The highest BCUT2D eigenvalue weighted by atomic mass is 16.2. The van der Waals surface area contributed by atoms with Gasteiger partial charge in [-0.05, 0) is 37.8 Å². The molecule has 2 aliphatic heterocycles. The molecule has 1 aliphatic carbocycles. The molecule has 122 valence electrons. The van der Waals surface area contributed by atoms with Crippen LogP contribution in [-0.4, -0.2) is 35.3 Å². The molecule has 1 saturated heterocycles. The molecule has 0 spiro atoms. The molecule has 1 aromatic carbocycles. The maximum Gasteiger partial charge on any atom is 0.232 e. The molecule has 1 saturated carbocycles. The molecule has 4 rings (SSSR count). The molecule has 4 nitrogen and oxygen atoms in total. The monoisotopic (exact) mass is 312 g/mol. The number of fused-ring (bicyclic) bond motifs is 1. The normalized spacial score (nSPS) is 27.8. The zero-order valence-electron chi connectivity index (χ0n) is 13.7. The lowest BCUT2D eigenvalue weighted by molar-refractivity contribution is -0.130. The topological polar surface area (TPSA) is 40.6 Å². The van der Waals surface area contributed by atoms with Crippen LogP contribution in [0.1, 0.15) is 44.6 Å². The minimum Gasteiger partial charge on any atom is -0.339 e. The number of benzene rings is 1. The smallest absolute Gasteiger partial charge is 0.232 e. The third kappa shape index (κ3) is 2.44. The van der Waals surface area contributed by atoms with Gasteiger partial charge in [-0.2, -0.15) is 0 Å². The summed E-state index contributed by atoms with van der Waals surface area (Å²) in [6, 6.07) is 8.72. The van der Waals surface area contributed by atoms with E-state index in [0.29, 0.717) is 19.0 Å². The summed E-state index contributed by atoms with van der Waals surface area (Å²) in [6.45, 7) is 2.72. The van der Waals surface area contributed by atoms with Gasteiger partial charge in [-0.1, -0.05) is 31.0 Å². The second-order valence-electron chi connectivity index (χ2n) is 7.28. The molecule has 0 N–H and O–H groups in total. The summed E-state index contributed by atoms with van der Waals surface area (Å²) in [7, 11) is 0. The van der Waals surface area contributed by atoms with Gasteiger partial charge < -0.3 is 9.80 Å². The number of para-hydroxylation sites is 1. The number of anilines is 1. The van der Waals surface area contributed by atoms with E-state index in [1.165, 1.54) is 18.4 Å². The fraction of sp³-hybridized carbons (Fsp3) is 0.579. The highest BCUT2D eigenvalue weighted by Gasteiger charge is 2.42. The van der Waals surface area contributed by atoms with Crippen LogP contribution < -0.4 is 4.90 Å². The Labute approximate surface area is 137 Å². The van der Waals surface area contributed by atoms with E-state index in [1.54, 1.807) is 0 Å². The van der Waals surface area contributed by atoms with E-state index >= 15 is 0 Å². The Hall–Kier alpha value is -1.84. The predicted molar refractivity (Wildman–Crippen MR) is 89.2 cm³/mol. The lowest BCUT2D eigenvalue weighted by atomic mass is 10.1. The Kier molecular flexibility index (Phi) is 3.63. The molecule has 2 atom stereocenters. The summed E-state index contributed by atoms with van der Waals surface area (Å²) >= 11 is 0. The number of likely N-dealkylation sites (tertiary alicyclic amines) is 1. The van der Waals surface area contributed by atoms with Crippen molar-refractivity contribution in [1.29, 1.82) is 0 Å². The van der Waals surface area contributed by atoms with Crippen LogP contribution in [0, 0.1) is 5.92 Å². The summed E-state index contributed by atoms with van der Waals surface area (Å²) in [6.07, 6.45) is 5.94. The quantitative estimate of drug-likeness (QED) is 0.842. The molecule has 2 fully saturated rings. The first-order valence-corrected chi connectivity index (χ1v) is 8.85. The molecule has 3 aliphatic rings. The van der Waals surface area contributed by atoms with E-state index in [0.717, 1.165) is 24.9 Å². The van der Waals surface area contributed by atoms with Gasteiger partial charge in [0.15, 0.2) is 0 Å². The molecule has 2 amide bonds. The zero-order valence-corrected chi connectivity index (χ0v) is 13.7. The van der Waals surface area contributed by atoms with Gasteiger partial charge in [-0.3, -0.25) is 9.59 Å². The van der Waals surface area contributed by atoms with Crippen molar-refractivity contribution < 1.29 is 9.59 Å². The Bertz CT molecular complexity index is 636. The van der Waals surface area contributed by atoms with Crippen molar-refractivity contribution in [3.63, 3.8) is 0 Å². The van der Waals surface area contributed by atoms with Gasteiger partial charge >= 0.3 is 0 Å². The SMILES string of the molecule is C[C@@H]1Cc2ccccc2N1C(=O)[C@@H]1CC(=O)N(C2CCCC2)C1. The minimum absolute atomic E-state index is 0.135. The average Bonchev–Trinajstić information content (AvgIpc) is 3.23. The lowest BCUT2D eigenvalue weighted by Crippen LogP contribution is -2.41. The van der Waals surface area contributed by atoms with Crippen molar-refractivity contribution in [2.75, 3.05) is 11.4 Å². The van der Waals surface area contributed by atoms with E-state index < -0.39 is 0 Å². The number of nitrogens with zero attached hydrogens (tertiary/aromatic N) is 2.